The molecule has 0 bridgehead atoms. The number of hydrogen-bond donors (Lipinski definition) is 1. The lowest BCUT2D eigenvalue weighted by Crippen LogP contribution is -2.44. The molecule has 0 amide bonds. The number of para-hydroxylation sites is 1. The second-order valence-electron chi connectivity index (χ2n) is 9.99. The fraction of sp³-hybridized carbons (Fsp3) is 0.480. The maximum Gasteiger partial charge on any atom is 0.123 e. The van der Waals surface area contributed by atoms with E-state index in [9.17, 15) is 5.11 Å². The highest BCUT2D eigenvalue weighted by molar-refractivity contribution is 5.81. The smallest absolute Gasteiger partial charge is 0.123 e. The zero-order valence-corrected chi connectivity index (χ0v) is 18.7. The van der Waals surface area contributed by atoms with Crippen molar-refractivity contribution < 1.29 is 5.11 Å². The zero-order valence-electron chi connectivity index (χ0n) is 18.7. The van der Waals surface area contributed by atoms with Crippen molar-refractivity contribution in [3.8, 4) is 5.75 Å². The number of hydrogen-bond acceptors (Lipinski definition) is 4. The Morgan fingerprint density at radius 2 is 1.34 bits per heavy atom. The highest BCUT2D eigenvalue weighted by Crippen LogP contribution is 2.39. The molecular weight excluding hydrogens is 358 g/mol. The molecule has 29 heavy (non-hydrogen) atoms. The third-order valence-electron chi connectivity index (χ3n) is 5.50. The summed E-state index contributed by atoms with van der Waals surface area (Å²) < 4.78 is 0. The van der Waals surface area contributed by atoms with Crippen LogP contribution in [0.5, 0.6) is 5.75 Å². The quantitative estimate of drug-likeness (QED) is 0.734. The predicted molar refractivity (Wildman–Crippen MR) is 123 cm³/mol. The van der Waals surface area contributed by atoms with Gasteiger partial charge in [0.2, 0.25) is 0 Å². The Bertz CT molecular complexity index is 817. The summed E-state index contributed by atoms with van der Waals surface area (Å²) in [6.45, 7) is 16.6. The van der Waals surface area contributed by atoms with Crippen molar-refractivity contribution in [1.29, 1.82) is 0 Å². The fourth-order valence-electron chi connectivity index (χ4n) is 3.73. The van der Waals surface area contributed by atoms with E-state index in [1.807, 2.05) is 6.21 Å². The molecule has 0 saturated carbocycles. The Hall–Kier alpha value is -2.49. The van der Waals surface area contributed by atoms with Crippen LogP contribution in [0, 0.1) is 0 Å². The Labute approximate surface area is 175 Å². The van der Waals surface area contributed by atoms with Crippen LogP contribution in [0.2, 0.25) is 0 Å². The molecule has 1 fully saturated rings. The normalized spacial score (nSPS) is 15.9. The number of phenolic OH excluding ortho intramolecular Hbond substituents is 1. The molecule has 1 N–H and O–H groups in total. The van der Waals surface area contributed by atoms with Crippen molar-refractivity contribution in [2.75, 3.05) is 31.1 Å². The molecule has 2 aromatic rings. The summed E-state index contributed by atoms with van der Waals surface area (Å²) in [4.78, 5) is 2.40. The van der Waals surface area contributed by atoms with E-state index in [4.69, 9.17) is 5.10 Å². The van der Waals surface area contributed by atoms with Gasteiger partial charge >= 0.3 is 0 Å². The van der Waals surface area contributed by atoms with Crippen molar-refractivity contribution in [3.05, 3.63) is 59.2 Å². The van der Waals surface area contributed by atoms with Gasteiger partial charge in [-0.2, -0.15) is 5.10 Å². The van der Waals surface area contributed by atoms with Gasteiger partial charge in [0.05, 0.1) is 19.3 Å². The fourth-order valence-corrected chi connectivity index (χ4v) is 3.73. The third-order valence-corrected chi connectivity index (χ3v) is 5.50. The third kappa shape index (κ3) is 5.11. The van der Waals surface area contributed by atoms with Crippen LogP contribution in [-0.4, -0.2) is 42.5 Å². The van der Waals surface area contributed by atoms with Gasteiger partial charge in [-0.1, -0.05) is 59.7 Å². The average molecular weight is 394 g/mol. The Morgan fingerprint density at radius 1 is 0.828 bits per heavy atom. The van der Waals surface area contributed by atoms with Gasteiger partial charge in [0.25, 0.3) is 0 Å². The summed E-state index contributed by atoms with van der Waals surface area (Å²) in [7, 11) is 0. The highest BCUT2D eigenvalue weighted by Gasteiger charge is 2.26. The van der Waals surface area contributed by atoms with Crippen LogP contribution in [-0.2, 0) is 10.8 Å². The highest BCUT2D eigenvalue weighted by atomic mass is 16.3. The van der Waals surface area contributed by atoms with Crippen LogP contribution in [0.4, 0.5) is 5.69 Å². The standard InChI is InChI=1S/C25H35N3O/c1-24(2,3)21-16-19(17-22(23(21)29)25(4,5)6)18-26-28-14-12-27(13-15-28)20-10-8-7-9-11-20/h7-11,16-18,29H,12-15H2,1-6H3. The molecule has 0 aliphatic carbocycles. The van der Waals surface area contributed by atoms with E-state index >= 15 is 0 Å². The molecule has 1 aliphatic rings. The van der Waals surface area contributed by atoms with Crippen LogP contribution >= 0.6 is 0 Å². The molecule has 0 aromatic heterocycles. The van der Waals surface area contributed by atoms with Crippen LogP contribution in [0.3, 0.4) is 0 Å². The molecule has 2 aromatic carbocycles. The van der Waals surface area contributed by atoms with E-state index in [2.05, 4.69) is 93.9 Å². The van der Waals surface area contributed by atoms with Gasteiger partial charge in [0.15, 0.2) is 0 Å². The van der Waals surface area contributed by atoms with Gasteiger partial charge in [-0.15, -0.1) is 0 Å². The molecule has 4 heteroatoms. The molecule has 1 aliphatic heterocycles. The second kappa shape index (κ2) is 8.10. The zero-order chi connectivity index (χ0) is 21.2. The van der Waals surface area contributed by atoms with Crippen LogP contribution in [0.1, 0.15) is 58.2 Å². The van der Waals surface area contributed by atoms with Crippen LogP contribution in [0.25, 0.3) is 0 Å². The first-order valence-corrected chi connectivity index (χ1v) is 10.5. The van der Waals surface area contributed by atoms with Gasteiger partial charge in [-0.05, 0) is 40.7 Å². The van der Waals surface area contributed by atoms with Crippen molar-refractivity contribution in [2.24, 2.45) is 5.10 Å². The van der Waals surface area contributed by atoms with Gasteiger partial charge in [-0.25, -0.2) is 0 Å². The summed E-state index contributed by atoms with van der Waals surface area (Å²) in [5.41, 5.74) is 4.01. The first-order chi connectivity index (χ1) is 13.6. The lowest BCUT2D eigenvalue weighted by molar-refractivity contribution is 0.272. The second-order valence-corrected chi connectivity index (χ2v) is 9.99. The number of aromatic hydroxyl groups is 1. The van der Waals surface area contributed by atoms with Gasteiger partial charge in [0.1, 0.15) is 5.75 Å². The summed E-state index contributed by atoms with van der Waals surface area (Å²) in [6.07, 6.45) is 1.95. The molecule has 0 unspecified atom stereocenters. The minimum atomic E-state index is -0.130. The van der Waals surface area contributed by atoms with Gasteiger partial charge in [-0.3, -0.25) is 5.01 Å². The van der Waals surface area contributed by atoms with Crippen molar-refractivity contribution in [2.45, 2.75) is 52.4 Å². The van der Waals surface area contributed by atoms with Crippen molar-refractivity contribution in [1.82, 2.24) is 5.01 Å². The van der Waals surface area contributed by atoms with Crippen molar-refractivity contribution in [3.63, 3.8) is 0 Å². The van der Waals surface area contributed by atoms with Crippen LogP contribution in [0.15, 0.2) is 47.6 Å². The maximum absolute atomic E-state index is 10.9. The molecule has 3 rings (SSSR count). The summed E-state index contributed by atoms with van der Waals surface area (Å²) in [5, 5.41) is 17.8. The largest absolute Gasteiger partial charge is 0.507 e. The number of benzene rings is 2. The molecule has 0 atom stereocenters. The van der Waals surface area contributed by atoms with Crippen LogP contribution < -0.4 is 4.90 Å². The predicted octanol–water partition coefficient (Wildman–Crippen LogP) is 5.14. The Morgan fingerprint density at radius 3 is 1.83 bits per heavy atom. The first kappa shape index (κ1) is 21.2. The number of hydrazone groups is 1. The topological polar surface area (TPSA) is 39.1 Å². The van der Waals surface area contributed by atoms with E-state index in [1.165, 1.54) is 5.69 Å². The first-order valence-electron chi connectivity index (χ1n) is 10.5. The molecular formula is C25H35N3O. The number of rotatable bonds is 3. The minimum absolute atomic E-state index is 0.130. The lowest BCUT2D eigenvalue weighted by atomic mass is 9.78. The van der Waals surface area contributed by atoms with Gasteiger partial charge in [0, 0.05) is 29.9 Å². The number of anilines is 1. The number of piperazine rings is 1. The Balaban J connectivity index is 1.77. The van der Waals surface area contributed by atoms with E-state index in [-0.39, 0.29) is 10.8 Å². The van der Waals surface area contributed by atoms with Gasteiger partial charge < -0.3 is 10.0 Å². The monoisotopic (exact) mass is 393 g/mol. The van der Waals surface area contributed by atoms with E-state index in [0.29, 0.717) is 5.75 Å². The molecule has 1 heterocycles. The molecule has 0 radical (unpaired) electrons. The van der Waals surface area contributed by atoms with E-state index in [1.54, 1.807) is 0 Å². The summed E-state index contributed by atoms with van der Waals surface area (Å²) in [5.74, 6) is 0.415. The molecule has 1 saturated heterocycles. The van der Waals surface area contributed by atoms with E-state index < -0.39 is 0 Å². The van der Waals surface area contributed by atoms with E-state index in [0.717, 1.165) is 42.9 Å². The van der Waals surface area contributed by atoms with Crippen molar-refractivity contribution >= 4 is 11.9 Å². The average Bonchev–Trinajstić information content (AvgIpc) is 2.66. The molecule has 0 spiro atoms. The SMILES string of the molecule is CC(C)(C)c1cc(C=NN2CCN(c3ccccc3)CC2)cc(C(C)(C)C)c1O. The lowest BCUT2D eigenvalue weighted by Gasteiger charge is -2.34. The Kier molecular flexibility index (Phi) is 5.92. The minimum Gasteiger partial charge on any atom is -0.507 e. The summed E-state index contributed by atoms with van der Waals surface area (Å²) in [6, 6.07) is 14.7. The number of nitrogens with zero attached hydrogens (tertiary/aromatic N) is 3. The molecule has 4 nitrogen and oxygen atoms in total. The number of phenols is 1. The summed E-state index contributed by atoms with van der Waals surface area (Å²) >= 11 is 0. The molecule has 156 valence electrons. The maximum atomic E-state index is 10.9.